The van der Waals surface area contributed by atoms with Crippen molar-refractivity contribution < 1.29 is 29.5 Å². The monoisotopic (exact) mass is 416 g/mol. The highest BCUT2D eigenvalue weighted by atomic mass is 16.6. The van der Waals surface area contributed by atoms with Crippen LogP contribution in [0.5, 0.6) is 0 Å². The minimum absolute atomic E-state index is 0.479. The summed E-state index contributed by atoms with van der Waals surface area (Å²) in [5.41, 5.74) is 2.59. The van der Waals surface area contributed by atoms with Crippen LogP contribution in [0.25, 0.3) is 0 Å². The van der Waals surface area contributed by atoms with Crippen LogP contribution in [0.3, 0.4) is 0 Å². The van der Waals surface area contributed by atoms with E-state index in [1.807, 2.05) is 60.7 Å². The van der Waals surface area contributed by atoms with Crippen LogP contribution in [0.15, 0.2) is 85.0 Å². The van der Waals surface area contributed by atoms with Gasteiger partial charge in [0.25, 0.3) is 0 Å². The molecule has 0 saturated heterocycles. The first kappa shape index (κ1) is 26.7. The van der Waals surface area contributed by atoms with Crippen molar-refractivity contribution in [2.24, 2.45) is 11.8 Å². The van der Waals surface area contributed by atoms with Gasteiger partial charge in [0.2, 0.25) is 0 Å². The second-order valence-corrected chi connectivity index (χ2v) is 5.60. The van der Waals surface area contributed by atoms with E-state index in [2.05, 4.69) is 33.9 Å². The van der Waals surface area contributed by atoms with Gasteiger partial charge >= 0.3 is 11.9 Å². The van der Waals surface area contributed by atoms with Crippen LogP contribution in [0.4, 0.5) is 0 Å². The van der Waals surface area contributed by atoms with E-state index in [1.165, 1.54) is 11.1 Å². The van der Waals surface area contributed by atoms with E-state index in [0.29, 0.717) is 13.2 Å². The summed E-state index contributed by atoms with van der Waals surface area (Å²) in [5, 5.41) is 14.8. The Bertz CT molecular complexity index is 683. The van der Waals surface area contributed by atoms with Gasteiger partial charge in [-0.15, -0.1) is 0 Å². The Morgan fingerprint density at radius 3 is 1.27 bits per heavy atom. The van der Waals surface area contributed by atoms with Crippen LogP contribution in [0.1, 0.15) is 11.1 Å². The summed E-state index contributed by atoms with van der Waals surface area (Å²) >= 11 is 0. The van der Waals surface area contributed by atoms with Crippen molar-refractivity contribution in [3.05, 3.63) is 96.1 Å². The molecule has 0 aromatic heterocycles. The van der Waals surface area contributed by atoms with Crippen molar-refractivity contribution in [2.75, 3.05) is 13.2 Å². The zero-order valence-electron chi connectivity index (χ0n) is 16.6. The summed E-state index contributed by atoms with van der Waals surface area (Å²) < 4.78 is 0. The van der Waals surface area contributed by atoms with E-state index in [1.54, 1.807) is 0 Å². The van der Waals surface area contributed by atoms with Gasteiger partial charge in [0.05, 0.1) is 13.2 Å². The molecule has 0 aliphatic carbocycles. The van der Waals surface area contributed by atoms with Gasteiger partial charge in [-0.25, -0.2) is 21.4 Å². The number of hydrogen-bond acceptors (Lipinski definition) is 6. The molecule has 8 nitrogen and oxygen atoms in total. The van der Waals surface area contributed by atoms with Gasteiger partial charge < -0.3 is 19.9 Å². The predicted molar refractivity (Wildman–Crippen MR) is 114 cm³/mol. The first-order valence-corrected chi connectivity index (χ1v) is 8.98. The van der Waals surface area contributed by atoms with E-state index >= 15 is 0 Å². The Balaban J connectivity index is 0.000000447. The van der Waals surface area contributed by atoms with E-state index < -0.39 is 11.9 Å². The maximum atomic E-state index is 9.10. The van der Waals surface area contributed by atoms with Crippen molar-refractivity contribution in [2.45, 2.75) is 12.8 Å². The molecule has 162 valence electrons. The van der Waals surface area contributed by atoms with E-state index in [-0.39, 0.29) is 0 Å². The summed E-state index contributed by atoms with van der Waals surface area (Å²) in [7, 11) is 0. The highest BCUT2D eigenvalue weighted by Crippen LogP contribution is 2.00. The largest absolute Gasteiger partial charge is 0.473 e. The highest BCUT2D eigenvalue weighted by Gasteiger charge is 2.04. The summed E-state index contributed by atoms with van der Waals surface area (Å²) in [4.78, 5) is 27.0. The molecule has 30 heavy (non-hydrogen) atoms. The number of benzene rings is 2. The number of aliphatic carboxylic acids is 2. The van der Waals surface area contributed by atoms with Crippen molar-refractivity contribution in [1.29, 1.82) is 0 Å². The standard InChI is InChI=1S/2C10H13NO.C2H2O4/c2*11-12-9-5-4-8-10-6-2-1-3-7-10;3-1(4)2(5)6/h2*1-7H,8-9,11H2;(H,3,4)(H,5,6)/b5-4+;;. The number of nitrogens with two attached hydrogens (primary N) is 2. The summed E-state index contributed by atoms with van der Waals surface area (Å²) in [6, 6.07) is 20.5. The molecule has 0 aliphatic heterocycles. The van der Waals surface area contributed by atoms with Gasteiger partial charge in [0, 0.05) is 0 Å². The van der Waals surface area contributed by atoms with Crippen molar-refractivity contribution >= 4 is 11.9 Å². The van der Waals surface area contributed by atoms with Gasteiger partial charge in [0.1, 0.15) is 0 Å². The van der Waals surface area contributed by atoms with Gasteiger partial charge in [-0.05, 0) is 24.0 Å². The molecule has 0 unspecified atom stereocenters. The molecule has 0 heterocycles. The summed E-state index contributed by atoms with van der Waals surface area (Å²) in [5.74, 6) is 6.07. The van der Waals surface area contributed by atoms with Crippen LogP contribution in [-0.2, 0) is 32.1 Å². The molecule has 2 rings (SSSR count). The molecular weight excluding hydrogens is 388 g/mol. The molecule has 0 saturated carbocycles. The zero-order valence-corrected chi connectivity index (χ0v) is 16.6. The third-order valence-electron chi connectivity index (χ3n) is 3.29. The molecule has 0 fully saturated rings. The average Bonchev–Trinajstić information content (AvgIpc) is 2.77. The summed E-state index contributed by atoms with van der Waals surface area (Å²) in [6.45, 7) is 0.958. The maximum absolute atomic E-state index is 9.10. The van der Waals surface area contributed by atoms with Gasteiger partial charge in [-0.3, -0.25) is 0 Å². The van der Waals surface area contributed by atoms with Gasteiger partial charge in [-0.2, -0.15) is 0 Å². The van der Waals surface area contributed by atoms with Crippen molar-refractivity contribution in [3.63, 3.8) is 0 Å². The lowest BCUT2D eigenvalue weighted by molar-refractivity contribution is -0.159. The van der Waals surface area contributed by atoms with Gasteiger partial charge in [0.15, 0.2) is 0 Å². The number of carbonyl (C=O) groups is 2. The normalized spacial score (nSPS) is 10.1. The summed E-state index contributed by atoms with van der Waals surface area (Å²) in [6.07, 6.45) is 9.78. The smallest absolute Gasteiger partial charge is 0.414 e. The zero-order chi connectivity index (χ0) is 22.5. The maximum Gasteiger partial charge on any atom is 0.414 e. The molecule has 0 atom stereocenters. The minimum Gasteiger partial charge on any atom is -0.473 e. The van der Waals surface area contributed by atoms with Crippen LogP contribution in [0.2, 0.25) is 0 Å². The second-order valence-electron chi connectivity index (χ2n) is 5.60. The van der Waals surface area contributed by atoms with Crippen LogP contribution in [-0.4, -0.2) is 35.4 Å². The molecule has 0 bridgehead atoms. The fourth-order valence-corrected chi connectivity index (χ4v) is 1.91. The van der Waals surface area contributed by atoms with Crippen LogP contribution >= 0.6 is 0 Å². The lowest BCUT2D eigenvalue weighted by Gasteiger charge is -1.93. The lowest BCUT2D eigenvalue weighted by atomic mass is 10.1. The van der Waals surface area contributed by atoms with Crippen molar-refractivity contribution in [1.82, 2.24) is 0 Å². The fraction of sp³-hybridized carbons (Fsp3) is 0.182. The third kappa shape index (κ3) is 16.8. The Kier molecular flexibility index (Phi) is 16.9. The number of carboxylic acids is 2. The van der Waals surface area contributed by atoms with E-state index in [0.717, 1.165) is 12.8 Å². The SMILES string of the molecule is NOC/C=C/Cc1ccccc1.NOCC=CCc1ccccc1.O=C(O)C(=O)O. The van der Waals surface area contributed by atoms with Gasteiger partial charge in [-0.1, -0.05) is 85.0 Å². The molecule has 0 aliphatic rings. The number of hydrogen-bond donors (Lipinski definition) is 4. The first-order valence-electron chi connectivity index (χ1n) is 8.98. The Labute approximate surface area is 175 Å². The van der Waals surface area contributed by atoms with Crippen molar-refractivity contribution in [3.8, 4) is 0 Å². The second kappa shape index (κ2) is 19.0. The molecule has 8 heteroatoms. The third-order valence-corrected chi connectivity index (χ3v) is 3.29. The Hall–Kier alpha value is -3.30. The average molecular weight is 416 g/mol. The number of rotatable bonds is 8. The molecule has 2 aromatic carbocycles. The predicted octanol–water partition coefficient (Wildman–Crippen LogP) is 2.51. The van der Waals surface area contributed by atoms with E-state index in [9.17, 15) is 0 Å². The molecular formula is C22H28N2O6. The Morgan fingerprint density at radius 1 is 0.667 bits per heavy atom. The highest BCUT2D eigenvalue weighted by molar-refractivity contribution is 6.27. The molecule has 6 N–H and O–H groups in total. The minimum atomic E-state index is -1.82. The molecule has 2 aromatic rings. The molecule has 0 spiro atoms. The number of allylic oxidation sites excluding steroid dienone is 2. The van der Waals surface area contributed by atoms with Crippen LogP contribution < -0.4 is 11.8 Å². The molecule has 0 radical (unpaired) electrons. The first-order chi connectivity index (χ1) is 14.5. The lowest BCUT2D eigenvalue weighted by Crippen LogP contribution is -2.09. The molecule has 0 amide bonds. The van der Waals surface area contributed by atoms with E-state index in [4.69, 9.17) is 31.6 Å². The van der Waals surface area contributed by atoms with Crippen LogP contribution in [0, 0.1) is 0 Å². The number of carboxylic acid groups (broad SMARTS) is 2. The fourth-order valence-electron chi connectivity index (χ4n) is 1.91. The Morgan fingerprint density at radius 2 is 1.00 bits per heavy atom. The quantitative estimate of drug-likeness (QED) is 0.292. The topological polar surface area (TPSA) is 145 Å².